The van der Waals surface area contributed by atoms with Crippen molar-refractivity contribution in [1.29, 1.82) is 0 Å². The Bertz CT molecular complexity index is 1080. The van der Waals surface area contributed by atoms with Gasteiger partial charge in [-0.3, -0.25) is 9.59 Å². The number of amides is 2. The average molecular weight is 406 g/mol. The highest BCUT2D eigenvalue weighted by Crippen LogP contribution is 2.31. The summed E-state index contributed by atoms with van der Waals surface area (Å²) in [6.45, 7) is 6.31. The zero-order chi connectivity index (χ0) is 21.3. The fourth-order valence-corrected chi connectivity index (χ4v) is 4.05. The topological polar surface area (TPSA) is 93.5 Å². The Morgan fingerprint density at radius 1 is 1.13 bits per heavy atom. The molecule has 7 heteroatoms. The van der Waals surface area contributed by atoms with Crippen LogP contribution in [0.25, 0.3) is 0 Å². The van der Waals surface area contributed by atoms with E-state index in [-0.39, 0.29) is 5.91 Å². The maximum absolute atomic E-state index is 13.2. The van der Waals surface area contributed by atoms with Gasteiger partial charge in [-0.05, 0) is 63.1 Å². The van der Waals surface area contributed by atoms with Crippen LogP contribution in [0.1, 0.15) is 50.7 Å². The SMILES string of the molecule is Cc1cc(C(=O)Nc2cc(C(N)=O)ccc2N2CCCC2)c(C)n1Cc1ccco1. The van der Waals surface area contributed by atoms with E-state index in [0.717, 1.165) is 48.8 Å². The molecule has 1 aromatic carbocycles. The number of anilines is 2. The Hall–Kier alpha value is -3.48. The molecule has 2 aromatic heterocycles. The Morgan fingerprint density at radius 2 is 1.90 bits per heavy atom. The van der Waals surface area contributed by atoms with Gasteiger partial charge < -0.3 is 24.9 Å². The Kier molecular flexibility index (Phi) is 5.35. The van der Waals surface area contributed by atoms with Gasteiger partial charge in [-0.25, -0.2) is 0 Å². The molecule has 3 N–H and O–H groups in total. The highest BCUT2D eigenvalue weighted by Gasteiger charge is 2.21. The molecular formula is C23H26N4O3. The summed E-state index contributed by atoms with van der Waals surface area (Å²) >= 11 is 0. The van der Waals surface area contributed by atoms with Crippen LogP contribution in [0.5, 0.6) is 0 Å². The molecule has 2 amide bonds. The molecule has 1 fully saturated rings. The molecule has 0 radical (unpaired) electrons. The lowest BCUT2D eigenvalue weighted by Crippen LogP contribution is -2.22. The number of primary amides is 1. The highest BCUT2D eigenvalue weighted by molar-refractivity contribution is 6.08. The zero-order valence-electron chi connectivity index (χ0n) is 17.3. The van der Waals surface area contributed by atoms with Crippen LogP contribution in [0.2, 0.25) is 0 Å². The van der Waals surface area contributed by atoms with Crippen LogP contribution in [0.3, 0.4) is 0 Å². The van der Waals surface area contributed by atoms with Crippen molar-refractivity contribution in [2.24, 2.45) is 5.73 Å². The Morgan fingerprint density at radius 3 is 2.57 bits per heavy atom. The van der Waals surface area contributed by atoms with E-state index >= 15 is 0 Å². The molecule has 0 atom stereocenters. The van der Waals surface area contributed by atoms with E-state index in [1.807, 2.05) is 38.1 Å². The van der Waals surface area contributed by atoms with E-state index in [1.54, 1.807) is 18.4 Å². The second-order valence-corrected chi connectivity index (χ2v) is 7.69. The van der Waals surface area contributed by atoms with Crippen LogP contribution in [0.15, 0.2) is 47.1 Å². The second-order valence-electron chi connectivity index (χ2n) is 7.69. The number of carbonyl (C=O) groups is 2. The lowest BCUT2D eigenvalue weighted by molar-refractivity contribution is 0.0996. The van der Waals surface area contributed by atoms with Crippen LogP contribution in [0, 0.1) is 13.8 Å². The van der Waals surface area contributed by atoms with Crippen molar-refractivity contribution in [3.05, 3.63) is 70.9 Å². The number of benzene rings is 1. The van der Waals surface area contributed by atoms with Crippen LogP contribution in [-0.4, -0.2) is 29.5 Å². The van der Waals surface area contributed by atoms with Crippen molar-refractivity contribution in [3.8, 4) is 0 Å². The van der Waals surface area contributed by atoms with Crippen molar-refractivity contribution >= 4 is 23.2 Å². The van der Waals surface area contributed by atoms with Crippen LogP contribution in [-0.2, 0) is 6.54 Å². The van der Waals surface area contributed by atoms with Gasteiger partial charge in [0, 0.05) is 30.0 Å². The molecule has 4 rings (SSSR count). The minimum atomic E-state index is -0.518. The number of hydrogen-bond acceptors (Lipinski definition) is 4. The standard InChI is InChI=1S/C23H26N4O3/c1-15-12-19(16(2)27(15)14-18-6-5-11-30-18)23(29)25-20-13-17(22(24)28)7-8-21(20)26-9-3-4-10-26/h5-8,11-13H,3-4,9-10,14H2,1-2H3,(H2,24,28)(H,25,29). The number of aryl methyl sites for hydroxylation is 1. The van der Waals surface area contributed by atoms with Gasteiger partial charge in [0.1, 0.15) is 5.76 Å². The van der Waals surface area contributed by atoms with Gasteiger partial charge in [0.15, 0.2) is 0 Å². The third kappa shape index (κ3) is 3.83. The number of furan rings is 1. The fourth-order valence-electron chi connectivity index (χ4n) is 4.05. The van der Waals surface area contributed by atoms with Crippen LogP contribution in [0.4, 0.5) is 11.4 Å². The van der Waals surface area contributed by atoms with Crippen molar-refractivity contribution in [3.63, 3.8) is 0 Å². The molecule has 0 saturated carbocycles. The summed E-state index contributed by atoms with van der Waals surface area (Å²) in [6.07, 6.45) is 3.86. The van der Waals surface area contributed by atoms with Gasteiger partial charge in [-0.15, -0.1) is 0 Å². The van der Waals surface area contributed by atoms with E-state index in [0.29, 0.717) is 23.4 Å². The molecule has 1 saturated heterocycles. The van der Waals surface area contributed by atoms with Crippen LogP contribution < -0.4 is 16.0 Å². The van der Waals surface area contributed by atoms with Gasteiger partial charge in [0.2, 0.25) is 5.91 Å². The number of nitrogens with two attached hydrogens (primary N) is 1. The summed E-state index contributed by atoms with van der Waals surface area (Å²) < 4.78 is 7.50. The molecule has 156 valence electrons. The summed E-state index contributed by atoms with van der Waals surface area (Å²) in [4.78, 5) is 27.1. The van der Waals surface area contributed by atoms with Gasteiger partial charge >= 0.3 is 0 Å². The third-order valence-electron chi connectivity index (χ3n) is 5.69. The maximum Gasteiger partial charge on any atom is 0.257 e. The van der Waals surface area contributed by atoms with E-state index < -0.39 is 5.91 Å². The molecular weight excluding hydrogens is 380 g/mol. The number of nitrogens with zero attached hydrogens (tertiary/aromatic N) is 2. The molecule has 3 heterocycles. The number of rotatable bonds is 6. The van der Waals surface area contributed by atoms with Gasteiger partial charge in [-0.2, -0.15) is 0 Å². The summed E-state index contributed by atoms with van der Waals surface area (Å²) in [7, 11) is 0. The normalized spacial score (nSPS) is 13.6. The Balaban J connectivity index is 1.63. The molecule has 0 spiro atoms. The fraction of sp³-hybridized carbons (Fsp3) is 0.304. The first-order valence-electron chi connectivity index (χ1n) is 10.1. The molecule has 0 aliphatic carbocycles. The molecule has 1 aliphatic heterocycles. The summed E-state index contributed by atoms with van der Waals surface area (Å²) in [5.41, 5.74) is 9.77. The minimum Gasteiger partial charge on any atom is -0.467 e. The Labute approximate surface area is 175 Å². The summed E-state index contributed by atoms with van der Waals surface area (Å²) in [5.74, 6) is 0.0974. The first kappa shape index (κ1) is 19.8. The summed E-state index contributed by atoms with van der Waals surface area (Å²) in [5, 5.41) is 3.01. The van der Waals surface area contributed by atoms with Gasteiger partial charge in [0.25, 0.3) is 5.91 Å². The smallest absolute Gasteiger partial charge is 0.257 e. The molecule has 0 bridgehead atoms. The molecule has 7 nitrogen and oxygen atoms in total. The van der Waals surface area contributed by atoms with Gasteiger partial charge in [0.05, 0.1) is 29.7 Å². The predicted molar refractivity (Wildman–Crippen MR) is 116 cm³/mol. The van der Waals surface area contributed by atoms with E-state index in [4.69, 9.17) is 10.2 Å². The molecule has 30 heavy (non-hydrogen) atoms. The lowest BCUT2D eigenvalue weighted by atomic mass is 10.1. The van der Waals surface area contributed by atoms with Gasteiger partial charge in [-0.1, -0.05) is 0 Å². The third-order valence-corrected chi connectivity index (χ3v) is 5.69. The molecule has 0 unspecified atom stereocenters. The number of carbonyl (C=O) groups excluding carboxylic acids is 2. The van der Waals surface area contributed by atoms with Crippen molar-refractivity contribution in [2.75, 3.05) is 23.3 Å². The van der Waals surface area contributed by atoms with Crippen molar-refractivity contribution in [1.82, 2.24) is 4.57 Å². The number of aromatic nitrogens is 1. The molecule has 1 aliphatic rings. The largest absolute Gasteiger partial charge is 0.467 e. The second kappa shape index (κ2) is 8.10. The highest BCUT2D eigenvalue weighted by atomic mass is 16.3. The van der Waals surface area contributed by atoms with E-state index in [9.17, 15) is 9.59 Å². The predicted octanol–water partition coefficient (Wildman–Crippen LogP) is 3.70. The lowest BCUT2D eigenvalue weighted by Gasteiger charge is -2.22. The number of nitrogens with one attached hydrogen (secondary N) is 1. The minimum absolute atomic E-state index is 0.212. The van der Waals surface area contributed by atoms with Crippen molar-refractivity contribution < 1.29 is 14.0 Å². The van der Waals surface area contributed by atoms with E-state index in [2.05, 4.69) is 14.8 Å². The van der Waals surface area contributed by atoms with E-state index in [1.165, 1.54) is 0 Å². The van der Waals surface area contributed by atoms with Crippen molar-refractivity contribution in [2.45, 2.75) is 33.2 Å². The monoisotopic (exact) mass is 406 g/mol. The first-order valence-corrected chi connectivity index (χ1v) is 10.1. The summed E-state index contributed by atoms with van der Waals surface area (Å²) in [6, 6.07) is 10.9. The zero-order valence-corrected chi connectivity index (χ0v) is 17.3. The van der Waals surface area contributed by atoms with Crippen LogP contribution >= 0.6 is 0 Å². The molecule has 3 aromatic rings. The average Bonchev–Trinajstić information content (AvgIpc) is 3.47. The quantitative estimate of drug-likeness (QED) is 0.653. The first-order chi connectivity index (χ1) is 14.4. The number of hydrogen-bond donors (Lipinski definition) is 2. The maximum atomic E-state index is 13.2.